The lowest BCUT2D eigenvalue weighted by Gasteiger charge is -2.31. The predicted molar refractivity (Wildman–Crippen MR) is 75.6 cm³/mol. The maximum atomic E-state index is 12.7. The van der Waals surface area contributed by atoms with Crippen LogP contribution < -0.4 is 4.57 Å². The highest BCUT2D eigenvalue weighted by molar-refractivity contribution is 5.81. The molecule has 0 aliphatic heterocycles. The molecule has 136 valence electrons. The van der Waals surface area contributed by atoms with Crippen LogP contribution in [0.5, 0.6) is 0 Å². The van der Waals surface area contributed by atoms with Crippen LogP contribution in [0, 0.1) is 6.92 Å². The highest BCUT2D eigenvalue weighted by Gasteiger charge is 2.71. The molecule has 0 atom stereocenters. The molecule has 9 heteroatoms. The zero-order valence-electron chi connectivity index (χ0n) is 12.9. The summed E-state index contributed by atoms with van der Waals surface area (Å²) in [4.78, 5) is 11.8. The maximum absolute atomic E-state index is 12.7. The quantitative estimate of drug-likeness (QED) is 0.667. The third-order valence-corrected chi connectivity index (χ3v) is 3.85. The van der Waals surface area contributed by atoms with Crippen LogP contribution in [-0.2, 0) is 11.3 Å². The van der Waals surface area contributed by atoms with Gasteiger partial charge in [0.05, 0.1) is 6.42 Å². The second-order valence-electron chi connectivity index (χ2n) is 5.74. The largest absolute Gasteiger partial charge is 0.426 e. The molecule has 1 heterocycles. The van der Waals surface area contributed by atoms with Gasteiger partial charge in [-0.3, -0.25) is 4.79 Å². The minimum Gasteiger partial charge on any atom is -0.373 e. The Morgan fingerprint density at radius 2 is 1.56 bits per heavy atom. The Bertz CT molecular complexity index is 783. The van der Waals surface area contributed by atoms with Crippen molar-refractivity contribution >= 4 is 16.6 Å². The monoisotopic (exact) mass is 366 g/mol. The van der Waals surface area contributed by atoms with Gasteiger partial charge in [0.25, 0.3) is 5.60 Å². The number of alkyl halides is 6. The molecule has 0 saturated carbocycles. The van der Waals surface area contributed by atoms with Gasteiger partial charge in [0.1, 0.15) is 0 Å². The lowest BCUT2D eigenvalue weighted by molar-refractivity contribution is -0.689. The number of ketones is 1. The molecule has 2 rings (SSSR count). The third kappa shape index (κ3) is 3.76. The van der Waals surface area contributed by atoms with E-state index in [1.54, 1.807) is 37.3 Å². The van der Waals surface area contributed by atoms with Gasteiger partial charge in [-0.15, -0.1) is 0 Å². The molecule has 2 aromatic rings. The van der Waals surface area contributed by atoms with Gasteiger partial charge in [-0.2, -0.15) is 30.9 Å². The molecule has 1 aromatic heterocycles. The fraction of sp³-hybridized carbons (Fsp3) is 0.375. The fourth-order valence-electron chi connectivity index (χ4n) is 2.40. The Hall–Kier alpha value is -2.16. The van der Waals surface area contributed by atoms with Crippen molar-refractivity contribution in [1.29, 1.82) is 0 Å². The minimum atomic E-state index is -6.01. The normalized spacial score (nSPS) is 13.3. The highest BCUT2D eigenvalue weighted by atomic mass is 19.4. The van der Waals surface area contributed by atoms with Crippen molar-refractivity contribution in [1.82, 2.24) is 0 Å². The van der Waals surface area contributed by atoms with Crippen LogP contribution in [0.2, 0.25) is 0 Å². The number of hydrogen-bond acceptors (Lipinski definition) is 2. The van der Waals surface area contributed by atoms with E-state index in [1.807, 2.05) is 0 Å². The van der Waals surface area contributed by atoms with E-state index in [2.05, 4.69) is 0 Å². The van der Waals surface area contributed by atoms with Crippen LogP contribution in [0.4, 0.5) is 26.3 Å². The van der Waals surface area contributed by atoms with Gasteiger partial charge in [-0.25, -0.2) is 0 Å². The number of benzene rings is 1. The average molecular weight is 366 g/mol. The van der Waals surface area contributed by atoms with Crippen molar-refractivity contribution < 1.29 is 40.8 Å². The van der Waals surface area contributed by atoms with Gasteiger partial charge in [0.15, 0.2) is 11.9 Å². The summed E-state index contributed by atoms with van der Waals surface area (Å²) < 4.78 is 77.2. The van der Waals surface area contributed by atoms with Crippen LogP contribution in [0.3, 0.4) is 0 Å². The van der Waals surface area contributed by atoms with E-state index < -0.39 is 36.7 Å². The second kappa shape index (κ2) is 6.29. The van der Waals surface area contributed by atoms with Crippen molar-refractivity contribution in [2.24, 2.45) is 0 Å². The number of Topliss-reactive ketones (excluding diaryl/α,β-unsaturated/α-hetero) is 1. The Kier molecular flexibility index (Phi) is 4.82. The summed E-state index contributed by atoms with van der Waals surface area (Å²) in [5, 5.41) is 10.6. The first-order valence-electron chi connectivity index (χ1n) is 7.11. The van der Waals surface area contributed by atoms with Crippen LogP contribution in [-0.4, -0.2) is 28.8 Å². The summed E-state index contributed by atoms with van der Waals surface area (Å²) in [7, 11) is 0. The van der Waals surface area contributed by atoms with Gasteiger partial charge in [0, 0.05) is 18.4 Å². The van der Waals surface area contributed by atoms with E-state index in [-0.39, 0.29) is 0 Å². The minimum absolute atomic E-state index is 0.481. The lowest BCUT2D eigenvalue weighted by Crippen LogP contribution is -2.58. The number of aliphatic hydroxyl groups is 1. The summed E-state index contributed by atoms with van der Waals surface area (Å²) in [6.07, 6.45) is -12.7. The molecule has 3 nitrogen and oxygen atoms in total. The van der Waals surface area contributed by atoms with Gasteiger partial charge in [-0.1, -0.05) is 18.2 Å². The first-order valence-corrected chi connectivity index (χ1v) is 7.11. The molecule has 0 unspecified atom stereocenters. The van der Waals surface area contributed by atoms with Crippen molar-refractivity contribution in [3.05, 3.63) is 42.2 Å². The zero-order valence-corrected chi connectivity index (χ0v) is 12.9. The number of fused-ring (bicyclic) bond motifs is 1. The summed E-state index contributed by atoms with van der Waals surface area (Å²) >= 11 is 0. The fourth-order valence-corrected chi connectivity index (χ4v) is 2.40. The van der Waals surface area contributed by atoms with Crippen LogP contribution >= 0.6 is 0 Å². The van der Waals surface area contributed by atoms with Gasteiger partial charge < -0.3 is 5.11 Å². The van der Waals surface area contributed by atoms with Crippen LogP contribution in [0.15, 0.2) is 36.5 Å². The summed E-state index contributed by atoms with van der Waals surface area (Å²) in [6, 6.07) is 8.60. The van der Waals surface area contributed by atoms with Crippen molar-refractivity contribution in [2.45, 2.75) is 37.8 Å². The molecular formula is C16H14F6NO2+. The molecule has 0 saturated heterocycles. The highest BCUT2D eigenvalue weighted by Crippen LogP contribution is 2.45. The molecule has 25 heavy (non-hydrogen) atoms. The SMILES string of the molecule is Cc1cc2ccccc2c[n+]1CC(=O)CC(O)(C(F)(F)F)C(F)(F)F. The Balaban J connectivity index is 2.29. The topological polar surface area (TPSA) is 41.2 Å². The van der Waals surface area contributed by atoms with E-state index in [4.69, 9.17) is 5.11 Å². The second-order valence-corrected chi connectivity index (χ2v) is 5.74. The number of carbonyl (C=O) groups excluding carboxylic acids is 1. The standard InChI is InChI=1S/C16H14F6NO2/c1-10-6-11-4-2-3-5-12(11)8-23(10)9-13(24)7-14(25,15(17,18)19)16(20,21)22/h2-6,8,25H,7,9H2,1H3/q+1. The smallest absolute Gasteiger partial charge is 0.373 e. The van der Waals surface area contributed by atoms with Gasteiger partial charge >= 0.3 is 12.4 Å². The Morgan fingerprint density at radius 1 is 1.04 bits per heavy atom. The number of aryl methyl sites for hydroxylation is 1. The van der Waals surface area contributed by atoms with Crippen LogP contribution in [0.25, 0.3) is 10.8 Å². The number of pyridine rings is 1. The van der Waals surface area contributed by atoms with E-state index >= 15 is 0 Å². The number of aromatic nitrogens is 1. The summed E-state index contributed by atoms with van der Waals surface area (Å²) in [5.74, 6) is -1.39. The molecule has 0 spiro atoms. The zero-order chi connectivity index (χ0) is 19.0. The van der Waals surface area contributed by atoms with Gasteiger partial charge in [-0.05, 0) is 11.5 Å². The summed E-state index contributed by atoms with van der Waals surface area (Å²) in [6.45, 7) is 0.852. The molecule has 0 aliphatic rings. The molecule has 0 amide bonds. The van der Waals surface area contributed by atoms with E-state index in [1.165, 1.54) is 10.8 Å². The summed E-state index contributed by atoms with van der Waals surface area (Å²) in [5.41, 5.74) is -4.59. The molecule has 0 bridgehead atoms. The number of hydrogen-bond donors (Lipinski definition) is 1. The lowest BCUT2D eigenvalue weighted by atomic mass is 9.95. The first-order chi connectivity index (χ1) is 11.3. The van der Waals surface area contributed by atoms with E-state index in [0.717, 1.165) is 5.39 Å². The Morgan fingerprint density at radius 3 is 2.08 bits per heavy atom. The number of nitrogens with zero attached hydrogens (tertiary/aromatic N) is 1. The maximum Gasteiger partial charge on any atom is 0.426 e. The molecule has 0 fully saturated rings. The van der Waals surface area contributed by atoms with Crippen molar-refractivity contribution in [3.63, 3.8) is 0 Å². The number of carbonyl (C=O) groups is 1. The number of halogens is 6. The van der Waals surface area contributed by atoms with Crippen molar-refractivity contribution in [3.8, 4) is 0 Å². The van der Waals surface area contributed by atoms with Crippen LogP contribution in [0.1, 0.15) is 12.1 Å². The third-order valence-electron chi connectivity index (χ3n) is 3.85. The first kappa shape index (κ1) is 19.2. The molecular weight excluding hydrogens is 352 g/mol. The predicted octanol–water partition coefficient (Wildman–Crippen LogP) is 3.25. The molecule has 0 aliphatic carbocycles. The van der Waals surface area contributed by atoms with Gasteiger partial charge in [0.2, 0.25) is 12.3 Å². The molecule has 0 radical (unpaired) electrons. The average Bonchev–Trinajstić information content (AvgIpc) is 2.45. The van der Waals surface area contributed by atoms with E-state index in [0.29, 0.717) is 11.1 Å². The van der Waals surface area contributed by atoms with E-state index in [9.17, 15) is 31.1 Å². The Labute approximate surface area is 138 Å². The molecule has 1 N–H and O–H groups in total. The van der Waals surface area contributed by atoms with Crippen molar-refractivity contribution in [2.75, 3.05) is 0 Å². The number of rotatable bonds is 4. The molecule has 1 aromatic carbocycles.